The van der Waals surface area contributed by atoms with E-state index in [2.05, 4.69) is 294 Å². The normalized spacial score (nSPS) is 18.6. The Morgan fingerprint density at radius 2 is 1.00 bits per heavy atom. The van der Waals surface area contributed by atoms with E-state index in [1.54, 1.807) is 0 Å². The molecular weight excluding hydrogens is 989 g/mol. The molecule has 5 aliphatic rings. The molecule has 16 rings (SSSR count). The van der Waals surface area contributed by atoms with Crippen LogP contribution < -0.4 is 9.64 Å². The van der Waals surface area contributed by atoms with Gasteiger partial charge in [0.25, 0.3) is 0 Å². The summed E-state index contributed by atoms with van der Waals surface area (Å²) in [5.41, 5.74) is 22.4. The Labute approximate surface area is 473 Å². The summed E-state index contributed by atoms with van der Waals surface area (Å²) >= 11 is 2.04. The van der Waals surface area contributed by atoms with Crippen LogP contribution in [0, 0.1) is 11.3 Å². The van der Waals surface area contributed by atoms with Crippen molar-refractivity contribution in [2.45, 2.75) is 67.9 Å². The Balaban J connectivity index is 0.991. The molecule has 3 heterocycles. The highest BCUT2D eigenvalue weighted by Crippen LogP contribution is 2.66. The first kappa shape index (κ1) is 47.4. The molecule has 10 aromatic carbocycles. The lowest BCUT2D eigenvalue weighted by Crippen LogP contribution is -2.44. The predicted molar refractivity (Wildman–Crippen MR) is 333 cm³/mol. The molecule has 0 fully saturated rings. The van der Waals surface area contributed by atoms with Gasteiger partial charge in [-0.2, -0.15) is 0 Å². The molecule has 3 unspecified atom stereocenters. The minimum atomic E-state index is -0.637. The van der Waals surface area contributed by atoms with Gasteiger partial charge in [0, 0.05) is 60.7 Å². The molecule has 0 amide bonds. The second kappa shape index (κ2) is 17.0. The number of thioether (sulfide) groups is 1. The maximum absolute atomic E-state index is 6.84. The second-order valence-corrected chi connectivity index (χ2v) is 25.9. The standard InChI is InChI=1S/C76H60N2OS/c1-73(2,3)47-34-40-71-65(42-47)76(66-43-48(74(4,5)6)35-41-72(66)80-71)60-27-12-8-23-54(60)56-39-37-52(46-64(56)76)77(49-20-19-21-50(44-49)78-67-30-15-9-24-57(67)58-25-10-16-31-68(58)78)51-36-38-55-53-22-7-11-26-59(53)75(63(55)45-51)61-28-13-17-32-69(61)79-70-33-18-14-29-62(70)75/h7-46,65,71H,1-6H3. The van der Waals surface area contributed by atoms with Crippen LogP contribution in [-0.2, 0) is 16.2 Å². The third-order valence-corrected chi connectivity index (χ3v) is 19.8. The van der Waals surface area contributed by atoms with Gasteiger partial charge in [-0.05, 0) is 145 Å². The van der Waals surface area contributed by atoms with Crippen molar-refractivity contribution in [3.8, 4) is 39.4 Å². The fourth-order valence-corrected chi connectivity index (χ4v) is 16.2. The van der Waals surface area contributed by atoms with Gasteiger partial charge in [0.2, 0.25) is 0 Å². The molecule has 0 radical (unpaired) electrons. The summed E-state index contributed by atoms with van der Waals surface area (Å²) in [6.45, 7) is 14.2. The number of benzene rings is 10. The Morgan fingerprint density at radius 1 is 0.450 bits per heavy atom. The molecular formula is C76H60N2OS. The monoisotopic (exact) mass is 1050 g/mol. The molecule has 3 aliphatic carbocycles. The van der Waals surface area contributed by atoms with Crippen LogP contribution in [-0.4, -0.2) is 9.82 Å². The Bertz CT molecular complexity index is 4400. The van der Waals surface area contributed by atoms with Gasteiger partial charge in [0.1, 0.15) is 11.5 Å². The highest BCUT2D eigenvalue weighted by molar-refractivity contribution is 8.00. The molecule has 3 nitrogen and oxygen atoms in total. The lowest BCUT2D eigenvalue weighted by molar-refractivity contribution is 0.428. The number of hydrogen-bond donors (Lipinski definition) is 0. The first-order valence-electron chi connectivity index (χ1n) is 28.4. The number of para-hydroxylation sites is 4. The molecule has 11 aromatic rings. The molecule has 0 N–H and O–H groups in total. The number of nitrogens with zero attached hydrogens (tertiary/aromatic N) is 2. The van der Waals surface area contributed by atoms with Crippen LogP contribution in [0.15, 0.2) is 253 Å². The summed E-state index contributed by atoms with van der Waals surface area (Å²) in [5, 5.41) is 2.72. The Kier molecular flexibility index (Phi) is 10.1. The van der Waals surface area contributed by atoms with E-state index in [-0.39, 0.29) is 22.0 Å². The number of hydrogen-bond acceptors (Lipinski definition) is 3. The molecule has 3 atom stereocenters. The van der Waals surface area contributed by atoms with E-state index >= 15 is 0 Å². The quantitative estimate of drug-likeness (QED) is 0.175. The molecule has 1 aromatic heterocycles. The highest BCUT2D eigenvalue weighted by atomic mass is 32.2. The SMILES string of the molecule is CC(C)(C)C1=CC2C(C=C1)Sc1ccc(C(C)(C)C)cc1C21c2ccccc2-c2ccc(N(c3cccc(-n4c5ccccc5c5ccccc54)c3)c3ccc4c(c3)C3(c5ccccc5Oc5ccccc53)c3ccccc3-4)cc21. The van der Waals surface area contributed by atoms with Gasteiger partial charge in [0.05, 0.1) is 21.9 Å². The number of fused-ring (bicyclic) bond motifs is 21. The van der Waals surface area contributed by atoms with Gasteiger partial charge in [-0.1, -0.05) is 211 Å². The zero-order chi connectivity index (χ0) is 53.9. The first-order chi connectivity index (χ1) is 38.9. The molecule has 2 aliphatic heterocycles. The number of ether oxygens (including phenoxy) is 1. The van der Waals surface area contributed by atoms with E-state index in [4.69, 9.17) is 4.74 Å². The van der Waals surface area contributed by atoms with E-state index < -0.39 is 10.8 Å². The Hall–Kier alpha value is -8.57. The minimum absolute atomic E-state index is 0.0298. The molecule has 386 valence electrons. The van der Waals surface area contributed by atoms with Crippen LogP contribution in [0.3, 0.4) is 0 Å². The van der Waals surface area contributed by atoms with Gasteiger partial charge < -0.3 is 14.2 Å². The van der Waals surface area contributed by atoms with Crippen molar-refractivity contribution in [2.75, 3.05) is 4.90 Å². The van der Waals surface area contributed by atoms with Crippen molar-refractivity contribution in [1.29, 1.82) is 0 Å². The van der Waals surface area contributed by atoms with Crippen LogP contribution in [0.5, 0.6) is 11.5 Å². The average molecular weight is 1050 g/mol. The zero-order valence-electron chi connectivity index (χ0n) is 46.0. The highest BCUT2D eigenvalue weighted by Gasteiger charge is 2.56. The fourth-order valence-electron chi connectivity index (χ4n) is 14.9. The molecule has 0 saturated heterocycles. The van der Waals surface area contributed by atoms with Crippen molar-refractivity contribution in [1.82, 2.24) is 4.57 Å². The summed E-state index contributed by atoms with van der Waals surface area (Å²) in [5.74, 6) is 1.92. The van der Waals surface area contributed by atoms with Crippen LogP contribution in [0.2, 0.25) is 0 Å². The van der Waals surface area contributed by atoms with Gasteiger partial charge in [0.15, 0.2) is 0 Å². The summed E-state index contributed by atoms with van der Waals surface area (Å²) in [6.07, 6.45) is 7.63. The maximum atomic E-state index is 6.84. The summed E-state index contributed by atoms with van der Waals surface area (Å²) in [4.78, 5) is 3.92. The van der Waals surface area contributed by atoms with E-state index in [0.717, 1.165) is 45.4 Å². The van der Waals surface area contributed by atoms with Crippen LogP contribution in [0.4, 0.5) is 17.1 Å². The molecule has 0 bridgehead atoms. The number of rotatable bonds is 4. The van der Waals surface area contributed by atoms with Crippen molar-refractivity contribution >= 4 is 50.6 Å². The topological polar surface area (TPSA) is 17.4 Å². The summed E-state index contributed by atoms with van der Waals surface area (Å²) in [7, 11) is 0. The summed E-state index contributed by atoms with van der Waals surface area (Å²) in [6, 6.07) is 84.9. The molecule has 2 spiro atoms. The van der Waals surface area contributed by atoms with Crippen molar-refractivity contribution in [2.24, 2.45) is 11.3 Å². The predicted octanol–water partition coefficient (Wildman–Crippen LogP) is 20.0. The Morgan fingerprint density at radius 3 is 1.66 bits per heavy atom. The van der Waals surface area contributed by atoms with Crippen molar-refractivity contribution in [3.05, 3.63) is 293 Å². The van der Waals surface area contributed by atoms with Crippen molar-refractivity contribution < 1.29 is 4.74 Å². The van der Waals surface area contributed by atoms with E-state index in [9.17, 15) is 0 Å². The van der Waals surface area contributed by atoms with Gasteiger partial charge in [-0.15, -0.1) is 11.8 Å². The zero-order valence-corrected chi connectivity index (χ0v) is 46.8. The third-order valence-electron chi connectivity index (χ3n) is 18.4. The maximum Gasteiger partial charge on any atom is 0.132 e. The van der Waals surface area contributed by atoms with Gasteiger partial charge in [-0.25, -0.2) is 0 Å². The third kappa shape index (κ3) is 6.51. The average Bonchev–Trinajstić information content (AvgIpc) is 3.16. The van der Waals surface area contributed by atoms with Crippen LogP contribution in [0.25, 0.3) is 49.7 Å². The number of allylic oxidation sites excluding steroid dienone is 3. The van der Waals surface area contributed by atoms with E-state index in [1.807, 2.05) is 11.8 Å². The first-order valence-corrected chi connectivity index (χ1v) is 29.3. The van der Waals surface area contributed by atoms with Crippen molar-refractivity contribution in [3.63, 3.8) is 0 Å². The number of aromatic nitrogens is 1. The van der Waals surface area contributed by atoms with Crippen LogP contribution in [0.1, 0.15) is 86.1 Å². The largest absolute Gasteiger partial charge is 0.457 e. The lowest BCUT2D eigenvalue weighted by atomic mass is 9.60. The van der Waals surface area contributed by atoms with Crippen LogP contribution >= 0.6 is 11.8 Å². The van der Waals surface area contributed by atoms with E-state index in [1.165, 1.54) is 87.9 Å². The van der Waals surface area contributed by atoms with Gasteiger partial charge in [-0.3, -0.25) is 0 Å². The smallest absolute Gasteiger partial charge is 0.132 e. The molecule has 0 saturated carbocycles. The molecule has 80 heavy (non-hydrogen) atoms. The number of anilines is 3. The fraction of sp³-hybridized carbons (Fsp3) is 0.158. The van der Waals surface area contributed by atoms with Gasteiger partial charge >= 0.3 is 0 Å². The minimum Gasteiger partial charge on any atom is -0.457 e. The summed E-state index contributed by atoms with van der Waals surface area (Å²) < 4.78 is 9.28. The lowest BCUT2D eigenvalue weighted by Gasteiger charge is -2.49. The molecule has 4 heteroatoms. The van der Waals surface area contributed by atoms with E-state index in [0.29, 0.717) is 0 Å². The second-order valence-electron chi connectivity index (χ2n) is 24.7.